The van der Waals surface area contributed by atoms with Crippen LogP contribution in [0.2, 0.25) is 0 Å². The molecule has 0 spiro atoms. The lowest BCUT2D eigenvalue weighted by Gasteiger charge is -1.68. The van der Waals surface area contributed by atoms with Gasteiger partial charge in [0.05, 0.1) is 0 Å². The second kappa shape index (κ2) is 19.2. The summed E-state index contributed by atoms with van der Waals surface area (Å²) in [6.07, 6.45) is 0. The first-order chi connectivity index (χ1) is 9.20. The van der Waals surface area contributed by atoms with Crippen LogP contribution in [-0.4, -0.2) is 44.8 Å². The van der Waals surface area contributed by atoms with Gasteiger partial charge >= 0.3 is 46.8 Å². The molecule has 0 heterocycles. The van der Waals surface area contributed by atoms with E-state index in [1.54, 1.807) is 0 Å². The molecule has 0 atom stereocenters. The Morgan fingerprint density at radius 2 is 0.636 bits per heavy atom. The van der Waals surface area contributed by atoms with Crippen LogP contribution in [0.15, 0.2) is 0 Å². The molecule has 11 nitrogen and oxygen atoms in total. The topological polar surface area (TPSA) is 207 Å². The van der Waals surface area contributed by atoms with Gasteiger partial charge in [-0.1, -0.05) is 0 Å². The Labute approximate surface area is 122 Å². The van der Waals surface area contributed by atoms with Gasteiger partial charge in [0.2, 0.25) is 0 Å². The molecule has 22 heavy (non-hydrogen) atoms. The molecule has 0 unspecified atom stereocenters. The van der Waals surface area contributed by atoms with Gasteiger partial charge in [-0.2, -0.15) is 42.0 Å². The molecule has 0 aliphatic heterocycles. The largest absolute Gasteiger partial charge is 0.692 e. The third-order valence-corrected chi connectivity index (χ3v) is 0. The van der Waals surface area contributed by atoms with Crippen molar-refractivity contribution >= 4 is 46.8 Å². The van der Waals surface area contributed by atoms with E-state index in [-0.39, 0.29) is 0 Å². The van der Waals surface area contributed by atoms with Crippen LogP contribution in [0.3, 0.4) is 0 Å². The van der Waals surface area contributed by atoms with Crippen LogP contribution in [0.5, 0.6) is 0 Å². The molecule has 0 bridgehead atoms. The third kappa shape index (κ3) is 186000. The molecule has 0 radical (unpaired) electrons. The van der Waals surface area contributed by atoms with Gasteiger partial charge in [-0.3, -0.25) is 18.2 Å². The summed E-state index contributed by atoms with van der Waals surface area (Å²) < 4.78 is 130. The van der Waals surface area contributed by atoms with Crippen molar-refractivity contribution < 1.29 is 74.6 Å². The summed E-state index contributed by atoms with van der Waals surface area (Å²) >= 11 is 0. The molecule has 0 rings (SSSR count). The van der Waals surface area contributed by atoms with Gasteiger partial charge in [-0.25, -0.2) is 0 Å². The Kier molecular flexibility index (Phi) is 29.5. The molecule has 0 fully saturated rings. The predicted molar refractivity (Wildman–Crippen MR) is 60.9 cm³/mol. The van der Waals surface area contributed by atoms with Gasteiger partial charge in [0.15, 0.2) is 0 Å². The van der Waals surface area contributed by atoms with E-state index in [0.29, 0.717) is 0 Å². The Balaban J connectivity index is -0.0000000550. The van der Waals surface area contributed by atoms with Crippen LogP contribution in [0.4, 0.5) is 25.2 Å². The van der Waals surface area contributed by atoms with Crippen molar-refractivity contribution in [2.24, 2.45) is 0 Å². The number of rotatable bonds is 0. The highest BCUT2D eigenvalue weighted by Crippen LogP contribution is 2.39. The summed E-state index contributed by atoms with van der Waals surface area (Å²) in [7, 11) is -20.4. The lowest BCUT2D eigenvalue weighted by molar-refractivity contribution is 0.378. The van der Waals surface area contributed by atoms with E-state index in [4.69, 9.17) is 49.4 Å². The van der Waals surface area contributed by atoms with Crippen molar-refractivity contribution in [2.75, 3.05) is 0 Å². The zero-order chi connectivity index (χ0) is 19.7. The molecule has 6 N–H and O–H groups in total. The van der Waals surface area contributed by atoms with E-state index >= 15 is 0 Å². The molecule has 0 amide bonds. The molecule has 22 heteroatoms. The number of halogens is 6. The lowest BCUT2D eigenvalue weighted by Crippen LogP contribution is -1.89. The average molecular weight is 453 g/mol. The van der Waals surface area contributed by atoms with Crippen molar-refractivity contribution in [1.29, 1.82) is 0 Å². The molecule has 0 aromatic heterocycles. The van der Waals surface area contributed by atoms with Crippen molar-refractivity contribution in [3.8, 4) is 0 Å². The van der Waals surface area contributed by atoms with Crippen LogP contribution in [0.25, 0.3) is 0 Å². The Hall–Kier alpha value is 0.200. The highest BCUT2D eigenvalue weighted by atomic mass is 32.3. The normalized spacial score (nSPS) is 9.73. The molecule has 0 aromatic rings. The third-order valence-electron chi connectivity index (χ3n) is 0. The maximum Gasteiger partial charge on any atom is 0.692 e. The number of hydrogen-bond donors (Lipinski definition) is 6. The summed E-state index contributed by atoms with van der Waals surface area (Å²) in [5.74, 6) is 0. The van der Waals surface area contributed by atoms with Crippen molar-refractivity contribution in [3.63, 3.8) is 0 Å². The monoisotopic (exact) mass is 453 g/mol. The minimum absolute atomic E-state index is 2.87. The number of hydrogen-bond acceptors (Lipinski definition) is 5. The first-order valence-corrected chi connectivity index (χ1v) is 8.98. The zero-order valence-electron chi connectivity index (χ0n) is 9.15. The first kappa shape index (κ1) is 33.7. The fourth-order valence-electron chi connectivity index (χ4n) is 0. The maximum atomic E-state index is 9.73. The molecule has 0 aliphatic rings. The molecule has 0 saturated heterocycles. The molecule has 0 aliphatic carbocycles. The van der Waals surface area contributed by atoms with E-state index in [2.05, 4.69) is 0 Å². The summed E-state index contributed by atoms with van der Waals surface area (Å²) in [5, 5.41) is 0. The Morgan fingerprint density at radius 3 is 0.636 bits per heavy atom. The van der Waals surface area contributed by atoms with Crippen LogP contribution >= 0.6 is 26.0 Å². The second-order valence-electron chi connectivity index (χ2n) is 1.53. The Morgan fingerprint density at radius 1 is 0.636 bits per heavy atom. The maximum absolute atomic E-state index is 9.73. The Bertz CT molecular complexity index is 369. The second-order valence-corrected chi connectivity index (χ2v) is 4.60. The van der Waals surface area contributed by atoms with Gasteiger partial charge in [-0.15, -0.1) is 9.79 Å². The van der Waals surface area contributed by atoms with Gasteiger partial charge in [0.25, 0.3) is 0 Å². The summed E-state index contributed by atoms with van der Waals surface area (Å²) in [6.45, 7) is 0. The van der Waals surface area contributed by atoms with Crippen molar-refractivity contribution in [3.05, 3.63) is 0 Å². The molecule has 0 saturated carbocycles. The standard InChI is InChI=1S/2F3P.2H2O4S.HO3P/c2*1-4(2)3;2*1-5(2,3)4;1-4(2)3/h;;2*(H2,1,2,3,4);(H-,1,2,3)/p+1. The summed E-state index contributed by atoms with van der Waals surface area (Å²) in [4.78, 5) is 14.2. The van der Waals surface area contributed by atoms with Crippen molar-refractivity contribution in [2.45, 2.75) is 0 Å². The van der Waals surface area contributed by atoms with E-state index in [9.17, 15) is 25.2 Å². The van der Waals surface area contributed by atoms with E-state index in [0.717, 1.165) is 0 Å². The first-order valence-electron chi connectivity index (χ1n) is 2.99. The van der Waals surface area contributed by atoms with Crippen LogP contribution in [0.1, 0.15) is 0 Å². The van der Waals surface area contributed by atoms with Crippen LogP contribution in [-0.2, 0) is 25.4 Å². The minimum Gasteiger partial charge on any atom is -0.264 e. The minimum atomic E-state index is -4.67. The summed E-state index contributed by atoms with van der Waals surface area (Å²) in [5.41, 5.74) is 0. The lowest BCUT2D eigenvalue weighted by atomic mass is 15.8. The fraction of sp³-hybridized carbons (Fsp3) is 0. The van der Waals surface area contributed by atoms with Crippen LogP contribution in [0, 0.1) is 0 Å². The molecular formula is H6F6O11P3S2+. The smallest absolute Gasteiger partial charge is 0.264 e. The van der Waals surface area contributed by atoms with Crippen LogP contribution < -0.4 is 0 Å². The highest BCUT2D eigenvalue weighted by molar-refractivity contribution is 7.80. The van der Waals surface area contributed by atoms with Gasteiger partial charge in [0.1, 0.15) is 0 Å². The van der Waals surface area contributed by atoms with E-state index < -0.39 is 46.8 Å². The van der Waals surface area contributed by atoms with Gasteiger partial charge < -0.3 is 0 Å². The zero-order valence-corrected chi connectivity index (χ0v) is 13.5. The summed E-state index contributed by atoms with van der Waals surface area (Å²) in [6, 6.07) is 0. The molecule has 0 aromatic carbocycles. The SMILES string of the molecule is FP(F)F.FP(F)F.O=S(=O)(O)O.O=S(=O)(O)O.O=[P+](O)O. The fourth-order valence-corrected chi connectivity index (χ4v) is 0. The predicted octanol–water partition coefficient (Wildman–Crippen LogP) is 2.57. The van der Waals surface area contributed by atoms with Gasteiger partial charge in [0, 0.05) is 4.57 Å². The quantitative estimate of drug-likeness (QED) is 0.178. The average Bonchev–Trinajstić information content (AvgIpc) is 1.88. The van der Waals surface area contributed by atoms with E-state index in [1.807, 2.05) is 0 Å². The molecule has 140 valence electrons. The molecular weight excluding hydrogens is 447 g/mol. The van der Waals surface area contributed by atoms with Crippen molar-refractivity contribution in [1.82, 2.24) is 0 Å². The van der Waals surface area contributed by atoms with Gasteiger partial charge in [-0.05, 0) is 0 Å². The highest BCUT2D eigenvalue weighted by Gasteiger charge is 1.93. The van der Waals surface area contributed by atoms with E-state index in [1.165, 1.54) is 0 Å².